The molecule has 0 saturated carbocycles. The van der Waals surface area contributed by atoms with Crippen molar-refractivity contribution >= 4 is 17.4 Å². The van der Waals surface area contributed by atoms with Gasteiger partial charge < -0.3 is 16.4 Å². The maximum Gasteiger partial charge on any atom is 0.316 e. The van der Waals surface area contributed by atoms with Crippen LogP contribution in [0.25, 0.3) is 0 Å². The normalized spacial score (nSPS) is 11.8. The van der Waals surface area contributed by atoms with Crippen molar-refractivity contribution in [3.63, 3.8) is 0 Å². The van der Waals surface area contributed by atoms with Gasteiger partial charge in [-0.15, -0.1) is 0 Å². The average molecular weight is 291 g/mol. The molecule has 1 atom stereocenters. The number of benzene rings is 2. The Bertz CT molecular complexity index is 644. The summed E-state index contributed by atoms with van der Waals surface area (Å²) in [7, 11) is 0. The first-order valence-corrected chi connectivity index (χ1v) is 6.33. The number of hydrogen-bond donors (Lipinski definition) is 3. The number of amides is 2. The number of primary amides is 1. The molecule has 0 aromatic heterocycles. The molecule has 21 heavy (non-hydrogen) atoms. The van der Waals surface area contributed by atoms with Gasteiger partial charge >= 0.3 is 6.03 Å². The van der Waals surface area contributed by atoms with Gasteiger partial charge in [0.15, 0.2) is 11.6 Å². The van der Waals surface area contributed by atoms with E-state index in [1.165, 1.54) is 6.07 Å². The lowest BCUT2D eigenvalue weighted by Crippen LogP contribution is -2.19. The molecule has 2 rings (SSSR count). The Morgan fingerprint density at radius 3 is 2.24 bits per heavy atom. The minimum Gasteiger partial charge on any atom is -0.378 e. The predicted molar refractivity (Wildman–Crippen MR) is 78.0 cm³/mol. The van der Waals surface area contributed by atoms with Crippen molar-refractivity contribution < 1.29 is 13.6 Å². The molecule has 6 heteroatoms. The van der Waals surface area contributed by atoms with Gasteiger partial charge in [-0.3, -0.25) is 0 Å². The van der Waals surface area contributed by atoms with Crippen LogP contribution in [0, 0.1) is 11.6 Å². The van der Waals surface area contributed by atoms with Crippen LogP contribution in [-0.2, 0) is 0 Å². The number of urea groups is 1. The highest BCUT2D eigenvalue weighted by molar-refractivity contribution is 5.87. The van der Waals surface area contributed by atoms with Crippen LogP contribution in [0.15, 0.2) is 42.5 Å². The van der Waals surface area contributed by atoms with Gasteiger partial charge in [0.05, 0.1) is 0 Å². The largest absolute Gasteiger partial charge is 0.378 e. The number of rotatable bonds is 4. The third-order valence-corrected chi connectivity index (χ3v) is 2.98. The van der Waals surface area contributed by atoms with E-state index in [4.69, 9.17) is 5.73 Å². The zero-order chi connectivity index (χ0) is 15.4. The second-order valence-corrected chi connectivity index (χ2v) is 4.61. The van der Waals surface area contributed by atoms with E-state index in [9.17, 15) is 13.6 Å². The van der Waals surface area contributed by atoms with E-state index in [0.717, 1.165) is 17.7 Å². The molecule has 110 valence electrons. The fourth-order valence-electron chi connectivity index (χ4n) is 1.92. The zero-order valence-corrected chi connectivity index (χ0v) is 11.4. The highest BCUT2D eigenvalue weighted by Gasteiger charge is 2.08. The molecule has 1 unspecified atom stereocenters. The van der Waals surface area contributed by atoms with E-state index in [2.05, 4.69) is 10.6 Å². The summed E-state index contributed by atoms with van der Waals surface area (Å²) < 4.78 is 26.0. The van der Waals surface area contributed by atoms with Gasteiger partial charge in [0, 0.05) is 23.5 Å². The van der Waals surface area contributed by atoms with E-state index in [0.29, 0.717) is 11.4 Å². The number of carbonyl (C=O) groups is 1. The Morgan fingerprint density at radius 2 is 1.67 bits per heavy atom. The molecule has 0 radical (unpaired) electrons. The maximum atomic E-state index is 13.1. The topological polar surface area (TPSA) is 67.2 Å². The summed E-state index contributed by atoms with van der Waals surface area (Å²) >= 11 is 0. The predicted octanol–water partition coefficient (Wildman–Crippen LogP) is 3.63. The summed E-state index contributed by atoms with van der Waals surface area (Å²) in [6, 6.07) is 9.95. The molecule has 4 nitrogen and oxygen atoms in total. The Balaban J connectivity index is 2.07. The highest BCUT2D eigenvalue weighted by Crippen LogP contribution is 2.22. The molecule has 0 bridgehead atoms. The van der Waals surface area contributed by atoms with Crippen molar-refractivity contribution in [3.8, 4) is 0 Å². The van der Waals surface area contributed by atoms with Gasteiger partial charge in [0.1, 0.15) is 0 Å². The lowest BCUT2D eigenvalue weighted by Gasteiger charge is -2.16. The van der Waals surface area contributed by atoms with Crippen LogP contribution in [-0.4, -0.2) is 6.03 Å². The second kappa shape index (κ2) is 6.21. The zero-order valence-electron chi connectivity index (χ0n) is 11.4. The van der Waals surface area contributed by atoms with E-state index in [-0.39, 0.29) is 6.04 Å². The van der Waals surface area contributed by atoms with Crippen LogP contribution in [0.5, 0.6) is 0 Å². The molecular weight excluding hydrogens is 276 g/mol. The fourth-order valence-corrected chi connectivity index (χ4v) is 1.92. The number of halogens is 2. The molecule has 2 aromatic rings. The average Bonchev–Trinajstić information content (AvgIpc) is 2.43. The van der Waals surface area contributed by atoms with Crippen molar-refractivity contribution in [1.82, 2.24) is 0 Å². The summed E-state index contributed by atoms with van der Waals surface area (Å²) in [5.41, 5.74) is 7.02. The highest BCUT2D eigenvalue weighted by atomic mass is 19.2. The number of nitrogens with two attached hydrogens (primary N) is 1. The van der Waals surface area contributed by atoms with Gasteiger partial charge in [-0.25, -0.2) is 13.6 Å². The molecule has 2 aromatic carbocycles. The molecule has 4 N–H and O–H groups in total. The van der Waals surface area contributed by atoms with Crippen molar-refractivity contribution in [3.05, 3.63) is 59.7 Å². The van der Waals surface area contributed by atoms with Gasteiger partial charge in [-0.1, -0.05) is 12.1 Å². The number of carbonyl (C=O) groups excluding carboxylic acids is 1. The molecule has 0 aliphatic heterocycles. The molecule has 2 amide bonds. The summed E-state index contributed by atoms with van der Waals surface area (Å²) in [4.78, 5) is 10.7. The van der Waals surface area contributed by atoms with Crippen LogP contribution in [0.4, 0.5) is 25.0 Å². The lowest BCUT2D eigenvalue weighted by atomic mass is 10.1. The molecular formula is C15H15F2N3O. The Kier molecular flexibility index (Phi) is 4.37. The monoisotopic (exact) mass is 291 g/mol. The van der Waals surface area contributed by atoms with Crippen LogP contribution in [0.2, 0.25) is 0 Å². The van der Waals surface area contributed by atoms with Crippen molar-refractivity contribution in [2.45, 2.75) is 13.0 Å². The standard InChI is InChI=1S/C15H15F2N3O/c1-9(19-12-6-7-13(16)14(17)8-12)10-2-4-11(5-3-10)20-15(18)21/h2-9,19H,1H3,(H3,18,20,21). The first-order chi connectivity index (χ1) is 9.95. The first-order valence-electron chi connectivity index (χ1n) is 6.33. The van der Waals surface area contributed by atoms with Crippen LogP contribution < -0.4 is 16.4 Å². The van der Waals surface area contributed by atoms with Gasteiger partial charge in [-0.05, 0) is 36.8 Å². The van der Waals surface area contributed by atoms with Crippen LogP contribution in [0.1, 0.15) is 18.5 Å². The molecule has 0 heterocycles. The molecule has 0 aliphatic carbocycles. The summed E-state index contributed by atoms with van der Waals surface area (Å²) in [6.45, 7) is 1.89. The lowest BCUT2D eigenvalue weighted by molar-refractivity contribution is 0.259. The molecule has 0 saturated heterocycles. The van der Waals surface area contributed by atoms with Crippen LogP contribution in [0.3, 0.4) is 0 Å². The van der Waals surface area contributed by atoms with Crippen molar-refractivity contribution in [2.24, 2.45) is 5.73 Å². The minimum atomic E-state index is -0.895. The maximum absolute atomic E-state index is 13.1. The second-order valence-electron chi connectivity index (χ2n) is 4.61. The fraction of sp³-hybridized carbons (Fsp3) is 0.133. The first kappa shape index (κ1) is 14.8. The summed E-state index contributed by atoms with van der Waals surface area (Å²) in [5.74, 6) is -1.77. The quantitative estimate of drug-likeness (QED) is 0.805. The van der Waals surface area contributed by atoms with Gasteiger partial charge in [0.2, 0.25) is 0 Å². The smallest absolute Gasteiger partial charge is 0.316 e. The van der Waals surface area contributed by atoms with Crippen LogP contribution >= 0.6 is 0 Å². The molecule has 0 aliphatic rings. The van der Waals surface area contributed by atoms with E-state index >= 15 is 0 Å². The molecule has 0 spiro atoms. The van der Waals surface area contributed by atoms with E-state index < -0.39 is 17.7 Å². The summed E-state index contributed by atoms with van der Waals surface area (Å²) in [5, 5.41) is 5.53. The Morgan fingerprint density at radius 1 is 1.05 bits per heavy atom. The number of nitrogens with one attached hydrogen (secondary N) is 2. The third-order valence-electron chi connectivity index (χ3n) is 2.98. The van der Waals surface area contributed by atoms with Gasteiger partial charge in [0.25, 0.3) is 0 Å². The van der Waals surface area contributed by atoms with Crippen molar-refractivity contribution in [1.29, 1.82) is 0 Å². The molecule has 0 fully saturated rings. The minimum absolute atomic E-state index is 0.113. The third kappa shape index (κ3) is 3.92. The van der Waals surface area contributed by atoms with E-state index in [1.54, 1.807) is 12.1 Å². The van der Waals surface area contributed by atoms with E-state index in [1.807, 2.05) is 19.1 Å². The SMILES string of the molecule is CC(Nc1ccc(F)c(F)c1)c1ccc(NC(N)=O)cc1. The number of hydrogen-bond acceptors (Lipinski definition) is 2. The Labute approximate surface area is 121 Å². The Hall–Kier alpha value is -2.63. The van der Waals surface area contributed by atoms with Crippen molar-refractivity contribution in [2.75, 3.05) is 10.6 Å². The number of anilines is 2. The van der Waals surface area contributed by atoms with Gasteiger partial charge in [-0.2, -0.15) is 0 Å². The summed E-state index contributed by atoms with van der Waals surface area (Å²) in [6.07, 6.45) is 0.